The Kier molecular flexibility index (Phi) is 7.15. The van der Waals surface area contributed by atoms with Crippen molar-refractivity contribution in [1.29, 1.82) is 0 Å². The van der Waals surface area contributed by atoms with E-state index in [1.54, 1.807) is 24.2 Å². The van der Waals surface area contributed by atoms with Gasteiger partial charge in [-0.15, -0.1) is 0 Å². The summed E-state index contributed by atoms with van der Waals surface area (Å²) in [6.45, 7) is 2.82. The first-order valence-electron chi connectivity index (χ1n) is 9.56. The number of nitrogens with zero attached hydrogens (tertiary/aromatic N) is 3. The van der Waals surface area contributed by atoms with Gasteiger partial charge in [-0.2, -0.15) is 0 Å². The average molecular weight is 398 g/mol. The molecule has 0 radical (unpaired) electrons. The maximum absolute atomic E-state index is 12.5. The Labute approximate surface area is 170 Å². The van der Waals surface area contributed by atoms with E-state index in [4.69, 9.17) is 9.84 Å². The Bertz CT molecular complexity index is 830. The SMILES string of the molecule is CN(CC(=O)O)CC1CN(c2ccnc(C(=O)NCc3ccccc3)c2)CCO1. The monoisotopic (exact) mass is 398 g/mol. The number of carboxylic acids is 1. The third-order valence-electron chi connectivity index (χ3n) is 4.70. The molecule has 2 heterocycles. The summed E-state index contributed by atoms with van der Waals surface area (Å²) in [6, 6.07) is 13.4. The lowest BCUT2D eigenvalue weighted by atomic mass is 10.2. The van der Waals surface area contributed by atoms with Gasteiger partial charge in [0.05, 0.1) is 19.3 Å². The number of nitrogens with one attached hydrogen (secondary N) is 1. The van der Waals surface area contributed by atoms with E-state index in [2.05, 4.69) is 15.2 Å². The van der Waals surface area contributed by atoms with Crippen molar-refractivity contribution in [2.75, 3.05) is 44.7 Å². The molecule has 0 bridgehead atoms. The van der Waals surface area contributed by atoms with Gasteiger partial charge in [-0.3, -0.25) is 19.5 Å². The van der Waals surface area contributed by atoms with Gasteiger partial charge >= 0.3 is 5.97 Å². The van der Waals surface area contributed by atoms with Crippen LogP contribution in [0.4, 0.5) is 5.69 Å². The van der Waals surface area contributed by atoms with Crippen LogP contribution in [0, 0.1) is 0 Å². The predicted octanol–water partition coefficient (Wildman–Crippen LogP) is 1.23. The number of aromatic nitrogens is 1. The van der Waals surface area contributed by atoms with Gasteiger partial charge in [0, 0.05) is 38.1 Å². The summed E-state index contributed by atoms with van der Waals surface area (Å²) in [4.78, 5) is 31.4. The Morgan fingerprint density at radius 1 is 1.31 bits per heavy atom. The summed E-state index contributed by atoms with van der Waals surface area (Å²) in [5.41, 5.74) is 2.29. The maximum atomic E-state index is 12.5. The lowest BCUT2D eigenvalue weighted by molar-refractivity contribution is -0.138. The molecule has 1 unspecified atom stereocenters. The number of carbonyl (C=O) groups is 2. The van der Waals surface area contributed by atoms with E-state index in [0.29, 0.717) is 38.5 Å². The van der Waals surface area contributed by atoms with Crippen molar-refractivity contribution in [2.24, 2.45) is 0 Å². The Morgan fingerprint density at radius 2 is 2.10 bits per heavy atom. The van der Waals surface area contributed by atoms with E-state index in [0.717, 1.165) is 11.3 Å². The summed E-state index contributed by atoms with van der Waals surface area (Å²) in [6.07, 6.45) is 1.53. The molecule has 0 spiro atoms. The van der Waals surface area contributed by atoms with Crippen molar-refractivity contribution in [3.63, 3.8) is 0 Å². The first-order chi connectivity index (χ1) is 14.0. The molecule has 1 aromatic heterocycles. The number of hydrogen-bond acceptors (Lipinski definition) is 6. The molecule has 0 aliphatic carbocycles. The fourth-order valence-electron chi connectivity index (χ4n) is 3.32. The molecule has 8 nitrogen and oxygen atoms in total. The third-order valence-corrected chi connectivity index (χ3v) is 4.70. The van der Waals surface area contributed by atoms with E-state index in [-0.39, 0.29) is 18.6 Å². The zero-order chi connectivity index (χ0) is 20.6. The zero-order valence-corrected chi connectivity index (χ0v) is 16.5. The molecule has 1 aliphatic rings. The van der Waals surface area contributed by atoms with E-state index in [1.807, 2.05) is 36.4 Å². The van der Waals surface area contributed by atoms with Crippen LogP contribution in [0.25, 0.3) is 0 Å². The number of pyridine rings is 1. The number of rotatable bonds is 8. The number of morpholine rings is 1. The molecule has 8 heteroatoms. The summed E-state index contributed by atoms with van der Waals surface area (Å²) >= 11 is 0. The van der Waals surface area contributed by atoms with Crippen molar-refractivity contribution in [2.45, 2.75) is 12.6 Å². The topological polar surface area (TPSA) is 95.0 Å². The zero-order valence-electron chi connectivity index (χ0n) is 16.5. The van der Waals surface area contributed by atoms with Crippen LogP contribution in [0.15, 0.2) is 48.7 Å². The molecule has 0 saturated carbocycles. The summed E-state index contributed by atoms with van der Waals surface area (Å²) in [7, 11) is 1.76. The number of hydrogen-bond donors (Lipinski definition) is 2. The van der Waals surface area contributed by atoms with Gasteiger partial charge in [0.1, 0.15) is 5.69 Å². The van der Waals surface area contributed by atoms with Crippen LogP contribution >= 0.6 is 0 Å². The second-order valence-electron chi connectivity index (χ2n) is 7.10. The second-order valence-corrected chi connectivity index (χ2v) is 7.10. The maximum Gasteiger partial charge on any atom is 0.317 e. The number of benzene rings is 1. The normalized spacial score (nSPS) is 16.6. The molecular formula is C21H26N4O4. The standard InChI is InChI=1S/C21H26N4O4/c1-24(15-20(26)27)13-18-14-25(9-10-29-18)17-7-8-22-19(11-17)21(28)23-12-16-5-3-2-4-6-16/h2-8,11,18H,9-10,12-15H2,1H3,(H,23,28)(H,26,27). The van der Waals surface area contributed by atoms with Gasteiger partial charge < -0.3 is 20.1 Å². The third kappa shape index (κ3) is 6.27. The first kappa shape index (κ1) is 20.8. The van der Waals surface area contributed by atoms with Gasteiger partial charge in [-0.25, -0.2) is 0 Å². The fourth-order valence-corrected chi connectivity index (χ4v) is 3.32. The van der Waals surface area contributed by atoms with Crippen LogP contribution in [0.1, 0.15) is 16.1 Å². The van der Waals surface area contributed by atoms with Gasteiger partial charge in [-0.05, 0) is 24.7 Å². The molecule has 2 aromatic rings. The van der Waals surface area contributed by atoms with Crippen molar-refractivity contribution >= 4 is 17.6 Å². The van der Waals surface area contributed by atoms with Crippen molar-refractivity contribution in [3.8, 4) is 0 Å². The first-order valence-corrected chi connectivity index (χ1v) is 9.56. The number of anilines is 1. The molecule has 2 N–H and O–H groups in total. The van der Waals surface area contributed by atoms with Crippen LogP contribution in [-0.4, -0.2) is 72.8 Å². The van der Waals surface area contributed by atoms with Gasteiger partial charge in [0.15, 0.2) is 0 Å². The lowest BCUT2D eigenvalue weighted by Gasteiger charge is -2.36. The largest absolute Gasteiger partial charge is 0.480 e. The fraction of sp³-hybridized carbons (Fsp3) is 0.381. The van der Waals surface area contributed by atoms with Gasteiger partial charge in [-0.1, -0.05) is 30.3 Å². The smallest absolute Gasteiger partial charge is 0.317 e. The Balaban J connectivity index is 1.59. The minimum atomic E-state index is -0.861. The molecule has 1 aromatic carbocycles. The Hall–Kier alpha value is -2.97. The minimum Gasteiger partial charge on any atom is -0.480 e. The van der Waals surface area contributed by atoms with E-state index >= 15 is 0 Å². The quantitative estimate of drug-likeness (QED) is 0.691. The predicted molar refractivity (Wildman–Crippen MR) is 109 cm³/mol. The summed E-state index contributed by atoms with van der Waals surface area (Å²) < 4.78 is 5.78. The highest BCUT2D eigenvalue weighted by molar-refractivity contribution is 5.93. The highest BCUT2D eigenvalue weighted by Gasteiger charge is 2.23. The molecule has 1 amide bonds. The lowest BCUT2D eigenvalue weighted by Crippen LogP contribution is -2.47. The number of ether oxygens (including phenoxy) is 1. The molecule has 29 heavy (non-hydrogen) atoms. The molecule has 154 valence electrons. The number of carbonyl (C=O) groups excluding carboxylic acids is 1. The van der Waals surface area contributed by atoms with Crippen LogP contribution in [0.2, 0.25) is 0 Å². The van der Waals surface area contributed by atoms with Crippen molar-refractivity contribution < 1.29 is 19.4 Å². The Morgan fingerprint density at radius 3 is 2.86 bits per heavy atom. The number of aliphatic carboxylic acids is 1. The molecule has 1 fully saturated rings. The van der Waals surface area contributed by atoms with Crippen LogP contribution in [0.3, 0.4) is 0 Å². The van der Waals surface area contributed by atoms with Crippen LogP contribution in [-0.2, 0) is 16.1 Å². The highest BCUT2D eigenvalue weighted by Crippen LogP contribution is 2.18. The molecular weight excluding hydrogens is 372 g/mol. The summed E-state index contributed by atoms with van der Waals surface area (Å²) in [5, 5.41) is 11.8. The molecule has 1 saturated heterocycles. The van der Waals surface area contributed by atoms with Gasteiger partial charge in [0.25, 0.3) is 5.91 Å². The number of amides is 1. The molecule has 1 aliphatic heterocycles. The highest BCUT2D eigenvalue weighted by atomic mass is 16.5. The van der Waals surface area contributed by atoms with Crippen molar-refractivity contribution in [1.82, 2.24) is 15.2 Å². The molecule has 1 atom stereocenters. The van der Waals surface area contributed by atoms with Crippen molar-refractivity contribution in [3.05, 3.63) is 59.9 Å². The second kappa shape index (κ2) is 9.99. The van der Waals surface area contributed by atoms with Crippen LogP contribution in [0.5, 0.6) is 0 Å². The van der Waals surface area contributed by atoms with Crippen LogP contribution < -0.4 is 10.2 Å². The summed E-state index contributed by atoms with van der Waals surface area (Å²) in [5.74, 6) is -1.08. The number of carboxylic acid groups (broad SMARTS) is 1. The van der Waals surface area contributed by atoms with E-state index in [1.165, 1.54) is 0 Å². The average Bonchev–Trinajstić information content (AvgIpc) is 2.72. The van der Waals surface area contributed by atoms with E-state index < -0.39 is 5.97 Å². The van der Waals surface area contributed by atoms with E-state index in [9.17, 15) is 9.59 Å². The number of likely N-dealkylation sites (N-methyl/N-ethyl adjacent to an activating group) is 1. The minimum absolute atomic E-state index is 0.0269. The molecule has 3 rings (SSSR count). The van der Waals surface area contributed by atoms with Gasteiger partial charge in [0.2, 0.25) is 0 Å².